The van der Waals surface area contributed by atoms with Crippen LogP contribution in [-0.4, -0.2) is 10.1 Å². The molecule has 4 heteroatoms. The zero-order valence-corrected chi connectivity index (χ0v) is 10.9. The summed E-state index contributed by atoms with van der Waals surface area (Å²) in [6.07, 6.45) is 3.54. The van der Waals surface area contributed by atoms with Crippen LogP contribution in [-0.2, 0) is 6.54 Å². The fourth-order valence-corrected chi connectivity index (χ4v) is 1.92. The molecule has 1 aromatic heterocycles. The summed E-state index contributed by atoms with van der Waals surface area (Å²) in [7, 11) is 0. The molecule has 0 bridgehead atoms. The van der Waals surface area contributed by atoms with E-state index in [0.717, 1.165) is 11.1 Å². The second-order valence-corrected chi connectivity index (χ2v) is 4.59. The fraction of sp³-hybridized carbons (Fsp3) is 0.214. The molecule has 2 N–H and O–H groups in total. The highest BCUT2D eigenvalue weighted by Crippen LogP contribution is 2.22. The highest BCUT2D eigenvalue weighted by atomic mass is 35.5. The summed E-state index contributed by atoms with van der Waals surface area (Å²) in [5, 5.41) is 13.7. The molecule has 2 rings (SSSR count). The second-order valence-electron chi connectivity index (χ2n) is 4.16. The first-order chi connectivity index (χ1) is 8.66. The van der Waals surface area contributed by atoms with Crippen molar-refractivity contribution in [3.05, 3.63) is 58.9 Å². The third-order valence-electron chi connectivity index (χ3n) is 2.85. The lowest BCUT2D eigenvalue weighted by Crippen LogP contribution is -2.18. The molecule has 2 aromatic rings. The monoisotopic (exact) mass is 262 g/mol. The molecular weight excluding hydrogens is 248 g/mol. The lowest BCUT2D eigenvalue weighted by molar-refractivity contribution is 0.460. The van der Waals surface area contributed by atoms with E-state index >= 15 is 0 Å². The average molecular weight is 263 g/mol. The van der Waals surface area contributed by atoms with Crippen molar-refractivity contribution in [2.75, 3.05) is 0 Å². The largest absolute Gasteiger partial charge is 0.508 e. The van der Waals surface area contributed by atoms with Gasteiger partial charge in [0.1, 0.15) is 5.75 Å². The van der Waals surface area contributed by atoms with Gasteiger partial charge in [0.05, 0.1) is 0 Å². The Morgan fingerprint density at radius 3 is 2.72 bits per heavy atom. The summed E-state index contributed by atoms with van der Waals surface area (Å²) < 4.78 is 0. The van der Waals surface area contributed by atoms with Crippen molar-refractivity contribution in [1.29, 1.82) is 0 Å². The van der Waals surface area contributed by atoms with E-state index in [1.54, 1.807) is 30.6 Å². The molecule has 0 aliphatic rings. The molecular formula is C14H15ClN2O. The van der Waals surface area contributed by atoms with E-state index in [1.165, 1.54) is 0 Å². The SMILES string of the molecule is C[C@H](NCc1cc(Cl)ccc1O)c1ccncc1. The van der Waals surface area contributed by atoms with E-state index in [1.807, 2.05) is 12.1 Å². The number of nitrogens with one attached hydrogen (secondary N) is 1. The average Bonchev–Trinajstić information content (AvgIpc) is 2.40. The summed E-state index contributed by atoms with van der Waals surface area (Å²) >= 11 is 5.90. The van der Waals surface area contributed by atoms with Gasteiger partial charge in [0, 0.05) is 35.6 Å². The smallest absolute Gasteiger partial charge is 0.120 e. The zero-order valence-electron chi connectivity index (χ0n) is 10.1. The van der Waals surface area contributed by atoms with Crippen molar-refractivity contribution >= 4 is 11.6 Å². The molecule has 18 heavy (non-hydrogen) atoms. The van der Waals surface area contributed by atoms with Crippen LogP contribution in [0, 0.1) is 0 Å². The molecule has 0 radical (unpaired) electrons. The highest BCUT2D eigenvalue weighted by molar-refractivity contribution is 6.30. The Balaban J connectivity index is 2.01. The van der Waals surface area contributed by atoms with Gasteiger partial charge in [-0.25, -0.2) is 0 Å². The topological polar surface area (TPSA) is 45.1 Å². The zero-order chi connectivity index (χ0) is 13.0. The highest BCUT2D eigenvalue weighted by Gasteiger charge is 2.06. The summed E-state index contributed by atoms with van der Waals surface area (Å²) in [6.45, 7) is 2.63. The standard InChI is InChI=1S/C14H15ClN2O/c1-10(11-4-6-16-7-5-11)17-9-12-8-13(15)2-3-14(12)18/h2-8,10,17-18H,9H2,1H3/t10-/m0/s1. The number of hydrogen-bond donors (Lipinski definition) is 2. The predicted octanol–water partition coefficient (Wildman–Crippen LogP) is 3.29. The van der Waals surface area contributed by atoms with Crippen LogP contribution in [0.3, 0.4) is 0 Å². The summed E-state index contributed by atoms with van der Waals surface area (Å²) in [4.78, 5) is 3.99. The summed E-state index contributed by atoms with van der Waals surface area (Å²) in [5.41, 5.74) is 1.95. The molecule has 94 valence electrons. The fourth-order valence-electron chi connectivity index (χ4n) is 1.73. The van der Waals surface area contributed by atoms with Gasteiger partial charge in [-0.15, -0.1) is 0 Å². The number of phenols is 1. The van der Waals surface area contributed by atoms with Gasteiger partial charge >= 0.3 is 0 Å². The van der Waals surface area contributed by atoms with Crippen molar-refractivity contribution in [1.82, 2.24) is 10.3 Å². The van der Waals surface area contributed by atoms with Gasteiger partial charge in [-0.05, 0) is 42.8 Å². The van der Waals surface area contributed by atoms with Gasteiger partial charge in [0.2, 0.25) is 0 Å². The van der Waals surface area contributed by atoms with E-state index in [9.17, 15) is 5.11 Å². The predicted molar refractivity (Wildman–Crippen MR) is 72.6 cm³/mol. The Labute approximate surface area is 111 Å². The molecule has 1 aromatic carbocycles. The number of halogens is 1. The lowest BCUT2D eigenvalue weighted by atomic mass is 10.1. The molecule has 0 saturated heterocycles. The Hall–Kier alpha value is -1.58. The van der Waals surface area contributed by atoms with Crippen LogP contribution >= 0.6 is 11.6 Å². The molecule has 3 nitrogen and oxygen atoms in total. The van der Waals surface area contributed by atoms with Crippen molar-refractivity contribution in [2.45, 2.75) is 19.5 Å². The lowest BCUT2D eigenvalue weighted by Gasteiger charge is -2.14. The van der Waals surface area contributed by atoms with Crippen LogP contribution < -0.4 is 5.32 Å². The first kappa shape index (κ1) is 12.9. The number of phenolic OH excluding ortho intramolecular Hbond substituents is 1. The molecule has 0 unspecified atom stereocenters. The van der Waals surface area contributed by atoms with Gasteiger partial charge in [0.15, 0.2) is 0 Å². The molecule has 0 fully saturated rings. The third-order valence-corrected chi connectivity index (χ3v) is 3.08. The van der Waals surface area contributed by atoms with Crippen LogP contribution in [0.4, 0.5) is 0 Å². The first-order valence-electron chi connectivity index (χ1n) is 5.77. The first-order valence-corrected chi connectivity index (χ1v) is 6.15. The minimum atomic E-state index is 0.186. The molecule has 0 aliphatic carbocycles. The van der Waals surface area contributed by atoms with E-state index in [-0.39, 0.29) is 11.8 Å². The van der Waals surface area contributed by atoms with Gasteiger partial charge in [-0.3, -0.25) is 4.98 Å². The van der Waals surface area contributed by atoms with Crippen molar-refractivity contribution < 1.29 is 5.11 Å². The Morgan fingerprint density at radius 1 is 1.28 bits per heavy atom. The Morgan fingerprint density at radius 2 is 2.00 bits per heavy atom. The number of rotatable bonds is 4. The minimum Gasteiger partial charge on any atom is -0.508 e. The number of hydrogen-bond acceptors (Lipinski definition) is 3. The van der Waals surface area contributed by atoms with E-state index in [2.05, 4.69) is 17.2 Å². The second kappa shape index (κ2) is 5.85. The van der Waals surface area contributed by atoms with Crippen LogP contribution in [0.15, 0.2) is 42.7 Å². The van der Waals surface area contributed by atoms with E-state index in [4.69, 9.17) is 11.6 Å². The number of pyridine rings is 1. The Bertz CT molecular complexity index is 516. The molecule has 1 heterocycles. The van der Waals surface area contributed by atoms with Gasteiger partial charge in [0.25, 0.3) is 0 Å². The number of aromatic hydroxyl groups is 1. The quantitative estimate of drug-likeness (QED) is 0.889. The molecule has 0 saturated carbocycles. The van der Waals surface area contributed by atoms with Crippen LogP contribution in [0.2, 0.25) is 5.02 Å². The number of nitrogens with zero attached hydrogens (tertiary/aromatic N) is 1. The van der Waals surface area contributed by atoms with Crippen molar-refractivity contribution in [2.24, 2.45) is 0 Å². The molecule has 0 spiro atoms. The number of benzene rings is 1. The summed E-state index contributed by atoms with van der Waals surface area (Å²) in [5.74, 6) is 0.258. The number of aromatic nitrogens is 1. The summed E-state index contributed by atoms with van der Waals surface area (Å²) in [6, 6.07) is 9.17. The molecule has 0 aliphatic heterocycles. The van der Waals surface area contributed by atoms with Gasteiger partial charge < -0.3 is 10.4 Å². The molecule has 0 amide bonds. The van der Waals surface area contributed by atoms with E-state index in [0.29, 0.717) is 11.6 Å². The van der Waals surface area contributed by atoms with Gasteiger partial charge in [-0.1, -0.05) is 11.6 Å². The van der Waals surface area contributed by atoms with Crippen LogP contribution in [0.1, 0.15) is 24.1 Å². The minimum absolute atomic E-state index is 0.186. The third kappa shape index (κ3) is 3.22. The maximum atomic E-state index is 9.71. The maximum absolute atomic E-state index is 9.71. The van der Waals surface area contributed by atoms with Gasteiger partial charge in [-0.2, -0.15) is 0 Å². The van der Waals surface area contributed by atoms with Crippen molar-refractivity contribution in [3.63, 3.8) is 0 Å². The molecule has 1 atom stereocenters. The Kier molecular flexibility index (Phi) is 4.18. The van der Waals surface area contributed by atoms with E-state index < -0.39 is 0 Å². The maximum Gasteiger partial charge on any atom is 0.120 e. The normalized spacial score (nSPS) is 12.3. The van der Waals surface area contributed by atoms with Crippen LogP contribution in [0.5, 0.6) is 5.75 Å². The van der Waals surface area contributed by atoms with Crippen LogP contribution in [0.25, 0.3) is 0 Å². The van der Waals surface area contributed by atoms with Crippen molar-refractivity contribution in [3.8, 4) is 5.75 Å².